The molecule has 0 aliphatic carbocycles. The number of amides is 1. The molecule has 2 rings (SSSR count). The number of aromatic hydroxyl groups is 1. The summed E-state index contributed by atoms with van der Waals surface area (Å²) < 4.78 is 0. The summed E-state index contributed by atoms with van der Waals surface area (Å²) in [7, 11) is 3.43. The maximum Gasteiger partial charge on any atom is 0.253 e. The van der Waals surface area contributed by atoms with Crippen molar-refractivity contribution < 1.29 is 9.90 Å². The van der Waals surface area contributed by atoms with Crippen molar-refractivity contribution in [2.24, 2.45) is 0 Å². The second-order valence-corrected chi connectivity index (χ2v) is 5.28. The number of rotatable bonds is 4. The SMILES string of the molecule is CN(C)C(=O)c1cccc(NCc2c(O)cccc2Cl)c1. The van der Waals surface area contributed by atoms with Gasteiger partial charge in [-0.2, -0.15) is 0 Å². The molecule has 0 saturated heterocycles. The molecule has 0 aromatic heterocycles. The minimum absolute atomic E-state index is 0.0563. The Hall–Kier alpha value is -2.20. The third-order valence-electron chi connectivity index (χ3n) is 3.08. The van der Waals surface area contributed by atoms with Gasteiger partial charge in [0, 0.05) is 42.5 Å². The molecule has 0 fully saturated rings. The molecule has 0 aliphatic heterocycles. The minimum atomic E-state index is -0.0563. The third-order valence-corrected chi connectivity index (χ3v) is 3.43. The topological polar surface area (TPSA) is 52.6 Å². The number of halogens is 1. The van der Waals surface area contributed by atoms with Crippen LogP contribution in [0, 0.1) is 0 Å². The number of nitrogens with zero attached hydrogens (tertiary/aromatic N) is 1. The van der Waals surface area contributed by atoms with E-state index in [2.05, 4.69) is 5.32 Å². The predicted octanol–water partition coefficient (Wildman–Crippen LogP) is 3.36. The molecule has 1 amide bonds. The molecule has 0 heterocycles. The molecule has 0 saturated carbocycles. The van der Waals surface area contributed by atoms with Crippen LogP contribution < -0.4 is 5.32 Å². The van der Waals surface area contributed by atoms with Crippen LogP contribution in [0.15, 0.2) is 42.5 Å². The van der Waals surface area contributed by atoms with Crippen LogP contribution in [0.25, 0.3) is 0 Å². The van der Waals surface area contributed by atoms with Crippen LogP contribution in [0.2, 0.25) is 5.02 Å². The summed E-state index contributed by atoms with van der Waals surface area (Å²) >= 11 is 6.06. The molecular weight excluding hydrogens is 288 g/mol. The number of phenolic OH excluding ortho intramolecular Hbond substituents is 1. The summed E-state index contributed by atoms with van der Waals surface area (Å²) in [4.78, 5) is 13.4. The standard InChI is InChI=1S/C16H17ClN2O2/c1-19(2)16(21)11-5-3-6-12(9-11)18-10-13-14(17)7-4-8-15(13)20/h3-9,18,20H,10H2,1-2H3. The van der Waals surface area contributed by atoms with Crippen molar-refractivity contribution in [2.75, 3.05) is 19.4 Å². The number of anilines is 1. The summed E-state index contributed by atoms with van der Waals surface area (Å²) in [6.07, 6.45) is 0. The van der Waals surface area contributed by atoms with Crippen LogP contribution >= 0.6 is 11.6 Å². The fourth-order valence-electron chi connectivity index (χ4n) is 1.93. The largest absolute Gasteiger partial charge is 0.508 e. The van der Waals surface area contributed by atoms with E-state index in [-0.39, 0.29) is 11.7 Å². The monoisotopic (exact) mass is 304 g/mol. The van der Waals surface area contributed by atoms with Gasteiger partial charge in [0.2, 0.25) is 0 Å². The van der Waals surface area contributed by atoms with Gasteiger partial charge in [0.25, 0.3) is 5.91 Å². The van der Waals surface area contributed by atoms with Gasteiger partial charge in [0.15, 0.2) is 0 Å². The van der Waals surface area contributed by atoms with Crippen molar-refractivity contribution in [1.82, 2.24) is 4.90 Å². The van der Waals surface area contributed by atoms with Gasteiger partial charge in [-0.15, -0.1) is 0 Å². The van der Waals surface area contributed by atoms with E-state index in [1.165, 1.54) is 4.90 Å². The van der Waals surface area contributed by atoms with Gasteiger partial charge in [0.1, 0.15) is 5.75 Å². The number of nitrogens with one attached hydrogen (secondary N) is 1. The van der Waals surface area contributed by atoms with Crippen molar-refractivity contribution in [2.45, 2.75) is 6.54 Å². The van der Waals surface area contributed by atoms with Crippen molar-refractivity contribution >= 4 is 23.2 Å². The molecule has 0 bridgehead atoms. The normalized spacial score (nSPS) is 10.2. The van der Waals surface area contributed by atoms with E-state index in [9.17, 15) is 9.90 Å². The number of carbonyl (C=O) groups is 1. The molecular formula is C16H17ClN2O2. The quantitative estimate of drug-likeness (QED) is 0.910. The van der Waals surface area contributed by atoms with Crippen LogP contribution in [0.3, 0.4) is 0 Å². The first kappa shape index (κ1) is 15.2. The summed E-state index contributed by atoms with van der Waals surface area (Å²) in [5, 5.41) is 13.5. The Morgan fingerprint density at radius 1 is 1.24 bits per heavy atom. The number of benzene rings is 2. The Kier molecular flexibility index (Phi) is 4.70. The number of hydrogen-bond donors (Lipinski definition) is 2. The number of hydrogen-bond acceptors (Lipinski definition) is 3. The zero-order valence-corrected chi connectivity index (χ0v) is 12.7. The summed E-state index contributed by atoms with van der Waals surface area (Å²) in [5.41, 5.74) is 2.03. The molecule has 0 atom stereocenters. The van der Waals surface area contributed by atoms with Crippen LogP contribution in [-0.4, -0.2) is 30.0 Å². The molecule has 21 heavy (non-hydrogen) atoms. The lowest BCUT2D eigenvalue weighted by molar-refractivity contribution is 0.0827. The highest BCUT2D eigenvalue weighted by atomic mass is 35.5. The lowest BCUT2D eigenvalue weighted by Gasteiger charge is -2.13. The van der Waals surface area contributed by atoms with E-state index >= 15 is 0 Å². The van der Waals surface area contributed by atoms with Gasteiger partial charge in [-0.25, -0.2) is 0 Å². The zero-order chi connectivity index (χ0) is 15.4. The van der Waals surface area contributed by atoms with Gasteiger partial charge < -0.3 is 15.3 Å². The summed E-state index contributed by atoms with van der Waals surface area (Å²) in [6.45, 7) is 0.380. The van der Waals surface area contributed by atoms with Crippen LogP contribution in [0.1, 0.15) is 15.9 Å². The zero-order valence-electron chi connectivity index (χ0n) is 11.9. The first-order valence-corrected chi connectivity index (χ1v) is 6.89. The molecule has 0 unspecified atom stereocenters. The second-order valence-electron chi connectivity index (χ2n) is 4.87. The molecule has 110 valence electrons. The molecule has 2 aromatic rings. The first-order valence-electron chi connectivity index (χ1n) is 6.51. The summed E-state index contributed by atoms with van der Waals surface area (Å²) in [5.74, 6) is 0.0924. The Balaban J connectivity index is 2.14. The molecule has 2 aromatic carbocycles. The van der Waals surface area contributed by atoms with E-state index in [4.69, 9.17) is 11.6 Å². The van der Waals surface area contributed by atoms with E-state index in [1.54, 1.807) is 44.4 Å². The molecule has 2 N–H and O–H groups in total. The van der Waals surface area contributed by atoms with E-state index in [0.29, 0.717) is 22.7 Å². The highest BCUT2D eigenvalue weighted by Crippen LogP contribution is 2.26. The second kappa shape index (κ2) is 6.50. The minimum Gasteiger partial charge on any atom is -0.508 e. The van der Waals surface area contributed by atoms with E-state index in [0.717, 1.165) is 5.69 Å². The maximum absolute atomic E-state index is 11.9. The first-order chi connectivity index (χ1) is 9.99. The highest BCUT2D eigenvalue weighted by Gasteiger charge is 2.09. The van der Waals surface area contributed by atoms with E-state index in [1.807, 2.05) is 12.1 Å². The number of carbonyl (C=O) groups excluding carboxylic acids is 1. The van der Waals surface area contributed by atoms with Crippen molar-refractivity contribution in [3.05, 3.63) is 58.6 Å². The lowest BCUT2D eigenvalue weighted by atomic mass is 10.1. The van der Waals surface area contributed by atoms with E-state index < -0.39 is 0 Å². The molecule has 0 aliphatic rings. The van der Waals surface area contributed by atoms with Crippen LogP contribution in [0.4, 0.5) is 5.69 Å². The average molecular weight is 305 g/mol. The Labute approximate surface area is 129 Å². The molecule has 5 heteroatoms. The van der Waals surface area contributed by atoms with Gasteiger partial charge in [-0.05, 0) is 30.3 Å². The Morgan fingerprint density at radius 3 is 2.62 bits per heavy atom. The van der Waals surface area contributed by atoms with Gasteiger partial charge in [0.05, 0.1) is 0 Å². The maximum atomic E-state index is 11.9. The van der Waals surface area contributed by atoms with Crippen molar-refractivity contribution in [3.63, 3.8) is 0 Å². The smallest absolute Gasteiger partial charge is 0.253 e. The van der Waals surface area contributed by atoms with Crippen molar-refractivity contribution in [3.8, 4) is 5.75 Å². The molecule has 0 spiro atoms. The van der Waals surface area contributed by atoms with Gasteiger partial charge in [-0.1, -0.05) is 23.7 Å². The van der Waals surface area contributed by atoms with Crippen LogP contribution in [0.5, 0.6) is 5.75 Å². The van der Waals surface area contributed by atoms with Gasteiger partial charge >= 0.3 is 0 Å². The Bertz CT molecular complexity index is 636. The van der Waals surface area contributed by atoms with Gasteiger partial charge in [-0.3, -0.25) is 4.79 Å². The Morgan fingerprint density at radius 2 is 1.95 bits per heavy atom. The molecule has 4 nitrogen and oxygen atoms in total. The highest BCUT2D eigenvalue weighted by molar-refractivity contribution is 6.31. The number of phenols is 1. The fraction of sp³-hybridized carbons (Fsp3) is 0.188. The predicted molar refractivity (Wildman–Crippen MR) is 84.9 cm³/mol. The third kappa shape index (κ3) is 3.67. The summed E-state index contributed by atoms with van der Waals surface area (Å²) in [6, 6.07) is 12.2. The fourth-order valence-corrected chi connectivity index (χ4v) is 2.17. The molecule has 0 radical (unpaired) electrons. The van der Waals surface area contributed by atoms with Crippen LogP contribution in [-0.2, 0) is 6.54 Å². The average Bonchev–Trinajstić information content (AvgIpc) is 2.46. The van der Waals surface area contributed by atoms with Crippen molar-refractivity contribution in [1.29, 1.82) is 0 Å². The lowest BCUT2D eigenvalue weighted by Crippen LogP contribution is -2.21.